The molecular weight excluding hydrogens is 304 g/mol. The molecule has 0 bridgehead atoms. The Bertz CT molecular complexity index is 932. The predicted octanol–water partition coefficient (Wildman–Crippen LogP) is 3.24. The Morgan fingerprint density at radius 3 is 2.79 bits per heavy atom. The predicted molar refractivity (Wildman–Crippen MR) is 88.5 cm³/mol. The number of rotatable bonds is 3. The lowest BCUT2D eigenvalue weighted by Gasteiger charge is -2.18. The van der Waals surface area contributed by atoms with Crippen molar-refractivity contribution in [2.75, 3.05) is 0 Å². The molecule has 122 valence electrons. The van der Waals surface area contributed by atoms with Crippen molar-refractivity contribution in [1.82, 2.24) is 25.0 Å². The van der Waals surface area contributed by atoms with E-state index < -0.39 is 0 Å². The highest BCUT2D eigenvalue weighted by Crippen LogP contribution is 2.30. The monoisotopic (exact) mass is 322 g/mol. The molecule has 7 heteroatoms. The van der Waals surface area contributed by atoms with Gasteiger partial charge in [0.05, 0.1) is 11.7 Å². The molecule has 0 amide bonds. The summed E-state index contributed by atoms with van der Waals surface area (Å²) in [7, 11) is 0. The molecule has 0 aliphatic rings. The fourth-order valence-corrected chi connectivity index (χ4v) is 2.41. The minimum Gasteiger partial charge on any atom is -0.437 e. The van der Waals surface area contributed by atoms with E-state index in [4.69, 9.17) is 10.00 Å². The highest BCUT2D eigenvalue weighted by molar-refractivity contribution is 5.80. The van der Waals surface area contributed by atoms with Crippen molar-refractivity contribution in [2.45, 2.75) is 34.2 Å². The molecule has 0 spiro atoms. The average Bonchev–Trinajstić information content (AvgIpc) is 2.92. The van der Waals surface area contributed by atoms with Crippen LogP contribution >= 0.6 is 0 Å². The van der Waals surface area contributed by atoms with Gasteiger partial charge in [0.25, 0.3) is 0 Å². The number of aryl methyl sites for hydroxylation is 1. The second-order valence-corrected chi connectivity index (χ2v) is 6.82. The molecule has 0 radical (unpaired) electrons. The van der Waals surface area contributed by atoms with Gasteiger partial charge in [0.1, 0.15) is 29.2 Å². The van der Waals surface area contributed by atoms with Crippen molar-refractivity contribution in [1.29, 1.82) is 5.26 Å². The zero-order chi connectivity index (χ0) is 17.3. The molecule has 0 aliphatic carbocycles. The SMILES string of the molecule is Cc1c(Oc2ncncc2C#N)ccc2c1nnn2CC(C)(C)C. The largest absolute Gasteiger partial charge is 0.437 e. The number of hydrogen-bond acceptors (Lipinski definition) is 6. The fourth-order valence-electron chi connectivity index (χ4n) is 2.41. The minimum atomic E-state index is 0.104. The number of fused-ring (bicyclic) bond motifs is 1. The molecular formula is C17H18N6O. The summed E-state index contributed by atoms with van der Waals surface area (Å²) in [5.74, 6) is 0.831. The van der Waals surface area contributed by atoms with Crippen LogP contribution < -0.4 is 4.74 Å². The van der Waals surface area contributed by atoms with E-state index in [1.165, 1.54) is 12.5 Å². The van der Waals surface area contributed by atoms with E-state index in [-0.39, 0.29) is 16.9 Å². The normalized spacial score (nSPS) is 11.5. The zero-order valence-electron chi connectivity index (χ0n) is 14.1. The topological polar surface area (TPSA) is 89.5 Å². The van der Waals surface area contributed by atoms with E-state index in [1.807, 2.05) is 29.8 Å². The van der Waals surface area contributed by atoms with Crippen LogP contribution in [0.5, 0.6) is 11.6 Å². The molecule has 2 aromatic heterocycles. The maximum Gasteiger partial charge on any atom is 0.240 e. The third-order valence-corrected chi connectivity index (χ3v) is 3.52. The quantitative estimate of drug-likeness (QED) is 0.735. The first-order valence-electron chi connectivity index (χ1n) is 7.60. The van der Waals surface area contributed by atoms with Gasteiger partial charge in [0.15, 0.2) is 0 Å². The summed E-state index contributed by atoms with van der Waals surface area (Å²) < 4.78 is 7.70. The Kier molecular flexibility index (Phi) is 3.89. The summed E-state index contributed by atoms with van der Waals surface area (Å²) in [6.07, 6.45) is 2.78. The number of hydrogen-bond donors (Lipinski definition) is 0. The van der Waals surface area contributed by atoms with E-state index in [2.05, 4.69) is 41.1 Å². The molecule has 0 fully saturated rings. The van der Waals surface area contributed by atoms with Gasteiger partial charge in [-0.3, -0.25) is 0 Å². The molecule has 0 atom stereocenters. The summed E-state index contributed by atoms with van der Waals surface area (Å²) in [5.41, 5.74) is 2.98. The van der Waals surface area contributed by atoms with Crippen LogP contribution in [0.2, 0.25) is 0 Å². The standard InChI is InChI=1S/C17H18N6O/c1-11-14(24-16-12(7-18)8-19-10-20-16)6-5-13-15(11)21-22-23(13)9-17(2,3)4/h5-6,8,10H,9H2,1-4H3. The van der Waals surface area contributed by atoms with Gasteiger partial charge in [-0.2, -0.15) is 5.26 Å². The maximum absolute atomic E-state index is 9.11. The third kappa shape index (κ3) is 3.04. The first-order valence-corrected chi connectivity index (χ1v) is 7.60. The number of aromatic nitrogens is 5. The van der Waals surface area contributed by atoms with Crippen LogP contribution in [-0.2, 0) is 6.54 Å². The van der Waals surface area contributed by atoms with Gasteiger partial charge < -0.3 is 4.74 Å². The zero-order valence-corrected chi connectivity index (χ0v) is 14.1. The van der Waals surface area contributed by atoms with Crippen LogP contribution in [0.4, 0.5) is 0 Å². The molecule has 0 saturated carbocycles. The van der Waals surface area contributed by atoms with Crippen LogP contribution in [0.3, 0.4) is 0 Å². The molecule has 0 aliphatic heterocycles. The van der Waals surface area contributed by atoms with E-state index in [0.717, 1.165) is 23.1 Å². The Labute approximate surface area is 139 Å². The van der Waals surface area contributed by atoms with Gasteiger partial charge in [-0.15, -0.1) is 5.10 Å². The maximum atomic E-state index is 9.11. The van der Waals surface area contributed by atoms with Crippen molar-refractivity contribution < 1.29 is 4.74 Å². The van der Waals surface area contributed by atoms with Gasteiger partial charge in [0.2, 0.25) is 5.88 Å². The van der Waals surface area contributed by atoms with Crippen LogP contribution in [-0.4, -0.2) is 25.0 Å². The third-order valence-electron chi connectivity index (χ3n) is 3.52. The molecule has 0 saturated heterocycles. The van der Waals surface area contributed by atoms with Gasteiger partial charge in [-0.1, -0.05) is 26.0 Å². The summed E-state index contributed by atoms with van der Waals surface area (Å²) in [6.45, 7) is 9.16. The fraction of sp³-hybridized carbons (Fsp3) is 0.353. The van der Waals surface area contributed by atoms with Crippen molar-refractivity contribution in [2.24, 2.45) is 5.41 Å². The Morgan fingerprint density at radius 1 is 1.29 bits per heavy atom. The number of nitrogens with zero attached hydrogens (tertiary/aromatic N) is 6. The van der Waals surface area contributed by atoms with Crippen LogP contribution in [0.25, 0.3) is 11.0 Å². The molecule has 7 nitrogen and oxygen atoms in total. The summed E-state index contributed by atoms with van der Waals surface area (Å²) in [5, 5.41) is 17.7. The minimum absolute atomic E-state index is 0.104. The Balaban J connectivity index is 2.00. The Hall–Kier alpha value is -3.01. The molecule has 1 aromatic carbocycles. The highest BCUT2D eigenvalue weighted by atomic mass is 16.5. The van der Waals surface area contributed by atoms with Gasteiger partial charge in [-0.05, 0) is 24.5 Å². The first kappa shape index (κ1) is 15.9. The molecule has 24 heavy (non-hydrogen) atoms. The number of nitriles is 1. The number of benzene rings is 1. The smallest absolute Gasteiger partial charge is 0.240 e. The van der Waals surface area contributed by atoms with E-state index >= 15 is 0 Å². The van der Waals surface area contributed by atoms with Gasteiger partial charge in [-0.25, -0.2) is 14.6 Å². The average molecular weight is 322 g/mol. The summed E-state index contributed by atoms with van der Waals surface area (Å²) in [4.78, 5) is 7.85. The van der Waals surface area contributed by atoms with Crippen LogP contribution in [0, 0.1) is 23.7 Å². The molecule has 3 aromatic rings. The lowest BCUT2D eigenvalue weighted by Crippen LogP contribution is -2.16. The van der Waals surface area contributed by atoms with Crippen molar-refractivity contribution in [3.8, 4) is 17.7 Å². The van der Waals surface area contributed by atoms with E-state index in [1.54, 1.807) is 0 Å². The summed E-state index contributed by atoms with van der Waals surface area (Å²) >= 11 is 0. The lowest BCUT2D eigenvalue weighted by molar-refractivity contribution is 0.327. The molecule has 0 N–H and O–H groups in total. The first-order chi connectivity index (χ1) is 11.4. The van der Waals surface area contributed by atoms with Crippen molar-refractivity contribution in [3.63, 3.8) is 0 Å². The molecule has 2 heterocycles. The second-order valence-electron chi connectivity index (χ2n) is 6.82. The van der Waals surface area contributed by atoms with Crippen molar-refractivity contribution in [3.05, 3.63) is 35.8 Å². The highest BCUT2D eigenvalue weighted by Gasteiger charge is 2.17. The lowest BCUT2D eigenvalue weighted by atomic mass is 9.97. The number of ether oxygens (including phenoxy) is 1. The van der Waals surface area contributed by atoms with Gasteiger partial charge >= 0.3 is 0 Å². The van der Waals surface area contributed by atoms with E-state index in [0.29, 0.717) is 5.75 Å². The Morgan fingerprint density at radius 2 is 2.08 bits per heavy atom. The van der Waals surface area contributed by atoms with E-state index in [9.17, 15) is 0 Å². The molecule has 3 rings (SSSR count). The van der Waals surface area contributed by atoms with Crippen LogP contribution in [0.1, 0.15) is 31.9 Å². The molecule has 0 unspecified atom stereocenters. The van der Waals surface area contributed by atoms with Crippen molar-refractivity contribution >= 4 is 11.0 Å². The second kappa shape index (κ2) is 5.89. The summed E-state index contributed by atoms with van der Waals surface area (Å²) in [6, 6.07) is 5.80. The van der Waals surface area contributed by atoms with Crippen LogP contribution in [0.15, 0.2) is 24.7 Å². The van der Waals surface area contributed by atoms with Gasteiger partial charge in [0, 0.05) is 12.1 Å².